The summed E-state index contributed by atoms with van der Waals surface area (Å²) in [6.45, 7) is 4.47. The van der Waals surface area contributed by atoms with Crippen molar-refractivity contribution in [1.29, 1.82) is 0 Å². The van der Waals surface area contributed by atoms with E-state index in [2.05, 4.69) is 20.9 Å². The van der Waals surface area contributed by atoms with Crippen molar-refractivity contribution in [3.8, 4) is 17.4 Å². The van der Waals surface area contributed by atoms with Crippen molar-refractivity contribution in [2.45, 2.75) is 38.1 Å². The molecule has 1 amide bonds. The number of amides is 1. The van der Waals surface area contributed by atoms with Gasteiger partial charge in [0.25, 0.3) is 5.91 Å². The molecule has 2 aliphatic rings. The summed E-state index contributed by atoms with van der Waals surface area (Å²) in [4.78, 5) is 26.9. The zero-order valence-electron chi connectivity index (χ0n) is 20.2. The van der Waals surface area contributed by atoms with Crippen molar-refractivity contribution in [1.82, 2.24) is 19.8 Å². The van der Waals surface area contributed by atoms with E-state index < -0.39 is 0 Å². The second-order valence-corrected chi connectivity index (χ2v) is 9.23. The molecule has 2 saturated heterocycles. The third kappa shape index (κ3) is 5.46. The number of carbonyl (C=O) groups excluding carboxylic acids is 1. The van der Waals surface area contributed by atoms with Gasteiger partial charge in [-0.05, 0) is 62.5 Å². The van der Waals surface area contributed by atoms with Crippen molar-refractivity contribution in [2.24, 2.45) is 0 Å². The third-order valence-corrected chi connectivity index (χ3v) is 6.96. The van der Waals surface area contributed by atoms with Crippen molar-refractivity contribution >= 4 is 5.91 Å². The minimum Gasteiger partial charge on any atom is -0.497 e. The average Bonchev–Trinajstić information content (AvgIpc) is 3.42. The van der Waals surface area contributed by atoms with Gasteiger partial charge in [-0.15, -0.1) is 0 Å². The number of ether oxygens (including phenoxy) is 2. The van der Waals surface area contributed by atoms with Gasteiger partial charge in [-0.3, -0.25) is 14.7 Å². The first kappa shape index (κ1) is 23.3. The summed E-state index contributed by atoms with van der Waals surface area (Å²) in [5.74, 6) is 2.22. The SMILES string of the molecule is COc1cccc(Oc2nccnc2C2CCN(C(=O)c3ccccc3CN3CCCC3)CC2)c1. The molecule has 1 aromatic heterocycles. The lowest BCUT2D eigenvalue weighted by Crippen LogP contribution is -2.38. The van der Waals surface area contributed by atoms with E-state index in [1.165, 1.54) is 12.8 Å². The standard InChI is InChI=1S/C28H32N4O3/c1-34-23-8-6-9-24(19-23)35-27-26(29-13-14-30-27)21-11-17-32(18-12-21)28(33)25-10-3-2-7-22(25)20-31-15-4-5-16-31/h2-3,6-10,13-14,19,21H,4-5,11-12,15-18,20H2,1H3. The second kappa shape index (κ2) is 10.9. The van der Waals surface area contributed by atoms with Gasteiger partial charge in [-0.2, -0.15) is 0 Å². The van der Waals surface area contributed by atoms with Gasteiger partial charge in [0.1, 0.15) is 17.2 Å². The number of hydrogen-bond donors (Lipinski definition) is 0. The number of methoxy groups -OCH3 is 1. The Labute approximate surface area is 206 Å². The summed E-state index contributed by atoms with van der Waals surface area (Å²) in [5.41, 5.74) is 2.81. The number of aromatic nitrogens is 2. The molecule has 2 fully saturated rings. The summed E-state index contributed by atoms with van der Waals surface area (Å²) >= 11 is 0. The van der Waals surface area contributed by atoms with Crippen LogP contribution in [-0.2, 0) is 6.54 Å². The molecule has 182 valence electrons. The van der Waals surface area contributed by atoms with Gasteiger partial charge in [0.05, 0.1) is 7.11 Å². The van der Waals surface area contributed by atoms with Gasteiger partial charge >= 0.3 is 0 Å². The first-order chi connectivity index (χ1) is 17.2. The van der Waals surface area contributed by atoms with E-state index in [1.807, 2.05) is 47.4 Å². The van der Waals surface area contributed by atoms with Crippen molar-refractivity contribution in [3.63, 3.8) is 0 Å². The fraction of sp³-hybridized carbons (Fsp3) is 0.393. The van der Waals surface area contributed by atoms with E-state index in [-0.39, 0.29) is 11.8 Å². The molecule has 0 atom stereocenters. The Morgan fingerprint density at radius 3 is 2.49 bits per heavy atom. The molecule has 7 heteroatoms. The first-order valence-electron chi connectivity index (χ1n) is 12.4. The zero-order chi connectivity index (χ0) is 24.0. The molecule has 0 unspecified atom stereocenters. The van der Waals surface area contributed by atoms with Gasteiger partial charge in [-0.25, -0.2) is 4.98 Å². The Hall–Kier alpha value is -3.45. The molecule has 0 radical (unpaired) electrons. The van der Waals surface area contributed by atoms with Crippen molar-refractivity contribution in [2.75, 3.05) is 33.3 Å². The van der Waals surface area contributed by atoms with Gasteiger partial charge in [-0.1, -0.05) is 24.3 Å². The van der Waals surface area contributed by atoms with Gasteiger partial charge < -0.3 is 14.4 Å². The third-order valence-electron chi connectivity index (χ3n) is 6.96. The maximum Gasteiger partial charge on any atom is 0.254 e. The smallest absolute Gasteiger partial charge is 0.254 e. The topological polar surface area (TPSA) is 67.8 Å². The van der Waals surface area contributed by atoms with Crippen LogP contribution in [0.3, 0.4) is 0 Å². The molecule has 0 bridgehead atoms. The zero-order valence-corrected chi connectivity index (χ0v) is 20.2. The van der Waals surface area contributed by atoms with E-state index >= 15 is 0 Å². The van der Waals surface area contributed by atoms with E-state index in [9.17, 15) is 4.79 Å². The predicted octanol–water partition coefficient (Wildman–Crippen LogP) is 4.89. The highest BCUT2D eigenvalue weighted by Crippen LogP contribution is 2.34. The average molecular weight is 473 g/mol. The maximum absolute atomic E-state index is 13.4. The molecule has 3 aromatic rings. The van der Waals surface area contributed by atoms with Gasteiger partial charge in [0.2, 0.25) is 5.88 Å². The Morgan fingerprint density at radius 1 is 0.943 bits per heavy atom. The number of nitrogens with zero attached hydrogens (tertiary/aromatic N) is 4. The van der Waals surface area contributed by atoms with Crippen molar-refractivity contribution < 1.29 is 14.3 Å². The second-order valence-electron chi connectivity index (χ2n) is 9.23. The van der Waals surface area contributed by atoms with Crippen LogP contribution in [0.25, 0.3) is 0 Å². The fourth-order valence-electron chi connectivity index (χ4n) is 5.05. The molecule has 3 heterocycles. The Morgan fingerprint density at radius 2 is 1.69 bits per heavy atom. The van der Waals surface area contributed by atoms with E-state index in [1.54, 1.807) is 19.5 Å². The lowest BCUT2D eigenvalue weighted by Gasteiger charge is -2.32. The highest BCUT2D eigenvalue weighted by atomic mass is 16.5. The molecule has 2 aromatic carbocycles. The summed E-state index contributed by atoms with van der Waals surface area (Å²) in [7, 11) is 1.63. The molecule has 0 aliphatic carbocycles. The normalized spacial score (nSPS) is 16.9. The predicted molar refractivity (Wildman–Crippen MR) is 134 cm³/mol. The summed E-state index contributed by atoms with van der Waals surface area (Å²) in [6.07, 6.45) is 7.50. The summed E-state index contributed by atoms with van der Waals surface area (Å²) in [6, 6.07) is 15.5. The van der Waals surface area contributed by atoms with E-state index in [0.29, 0.717) is 24.7 Å². The lowest BCUT2D eigenvalue weighted by atomic mass is 9.92. The maximum atomic E-state index is 13.4. The van der Waals surface area contributed by atoms with E-state index in [0.717, 1.165) is 55.0 Å². The number of hydrogen-bond acceptors (Lipinski definition) is 6. The molecular formula is C28H32N4O3. The highest BCUT2D eigenvalue weighted by molar-refractivity contribution is 5.95. The largest absolute Gasteiger partial charge is 0.497 e. The minimum atomic E-state index is 0.130. The number of piperidine rings is 1. The molecule has 7 nitrogen and oxygen atoms in total. The number of rotatable bonds is 7. The van der Waals surface area contributed by atoms with Gasteiger partial charge in [0, 0.05) is 49.6 Å². The van der Waals surface area contributed by atoms with Crippen LogP contribution in [0.15, 0.2) is 60.9 Å². The molecule has 2 aliphatic heterocycles. The van der Waals surface area contributed by atoms with Crippen LogP contribution in [0.5, 0.6) is 17.4 Å². The van der Waals surface area contributed by atoms with Crippen LogP contribution >= 0.6 is 0 Å². The highest BCUT2D eigenvalue weighted by Gasteiger charge is 2.29. The monoisotopic (exact) mass is 472 g/mol. The van der Waals surface area contributed by atoms with Crippen LogP contribution in [-0.4, -0.2) is 59.0 Å². The van der Waals surface area contributed by atoms with Crippen LogP contribution in [0.2, 0.25) is 0 Å². The quantitative estimate of drug-likeness (QED) is 0.488. The molecule has 0 spiro atoms. The van der Waals surface area contributed by atoms with Crippen LogP contribution < -0.4 is 9.47 Å². The molecule has 0 saturated carbocycles. The van der Waals surface area contributed by atoms with Crippen LogP contribution in [0, 0.1) is 0 Å². The number of likely N-dealkylation sites (tertiary alicyclic amines) is 2. The van der Waals surface area contributed by atoms with Gasteiger partial charge in [0.15, 0.2) is 0 Å². The molecule has 5 rings (SSSR count). The van der Waals surface area contributed by atoms with E-state index in [4.69, 9.17) is 9.47 Å². The Bertz CT molecular complexity index is 1150. The van der Waals surface area contributed by atoms with Crippen molar-refractivity contribution in [3.05, 3.63) is 77.7 Å². The molecule has 35 heavy (non-hydrogen) atoms. The fourth-order valence-corrected chi connectivity index (χ4v) is 5.05. The first-order valence-corrected chi connectivity index (χ1v) is 12.4. The summed E-state index contributed by atoms with van der Waals surface area (Å²) < 4.78 is 11.4. The lowest BCUT2D eigenvalue weighted by molar-refractivity contribution is 0.0709. The van der Waals surface area contributed by atoms with Crippen LogP contribution in [0.1, 0.15) is 53.2 Å². The summed E-state index contributed by atoms with van der Waals surface area (Å²) in [5, 5.41) is 0. The molecule has 0 N–H and O–H groups in total. The van der Waals surface area contributed by atoms with Crippen LogP contribution in [0.4, 0.5) is 0 Å². The Kier molecular flexibility index (Phi) is 7.23. The minimum absolute atomic E-state index is 0.130. The number of carbonyl (C=O) groups is 1. The Balaban J connectivity index is 1.25. The number of benzene rings is 2. The molecular weight excluding hydrogens is 440 g/mol.